The van der Waals surface area contributed by atoms with Gasteiger partial charge in [0.15, 0.2) is 17.3 Å². The van der Waals surface area contributed by atoms with E-state index in [2.05, 4.69) is 0 Å². The Morgan fingerprint density at radius 1 is 1.00 bits per heavy atom. The van der Waals surface area contributed by atoms with Crippen LogP contribution in [0.15, 0.2) is 36.4 Å². The highest BCUT2D eigenvalue weighted by atomic mass is 16.7. The quantitative estimate of drug-likeness (QED) is 0.385. The molecular formula is C21H22O10. The minimum atomic E-state index is -1.62. The molecule has 0 saturated carbocycles. The summed E-state index contributed by atoms with van der Waals surface area (Å²) in [5, 5.41) is 59.0. The summed E-state index contributed by atoms with van der Waals surface area (Å²) >= 11 is 0. The predicted molar refractivity (Wildman–Crippen MR) is 103 cm³/mol. The lowest BCUT2D eigenvalue weighted by Crippen LogP contribution is -2.60. The maximum absolute atomic E-state index is 12.4. The first-order chi connectivity index (χ1) is 14.8. The van der Waals surface area contributed by atoms with E-state index in [1.54, 1.807) is 6.07 Å². The van der Waals surface area contributed by atoms with Crippen LogP contribution in [0.5, 0.6) is 23.0 Å². The molecule has 2 aromatic rings. The van der Waals surface area contributed by atoms with Crippen LogP contribution in [0.2, 0.25) is 0 Å². The third-order valence-electron chi connectivity index (χ3n) is 5.35. The zero-order valence-electron chi connectivity index (χ0n) is 16.2. The summed E-state index contributed by atoms with van der Waals surface area (Å²) in [5.41, 5.74) is 0.835. The molecule has 166 valence electrons. The molecule has 1 unspecified atom stereocenters. The van der Waals surface area contributed by atoms with E-state index in [-0.39, 0.29) is 35.2 Å². The number of carbonyl (C=O) groups is 1. The number of ketones is 1. The first-order valence-electron chi connectivity index (χ1n) is 9.61. The van der Waals surface area contributed by atoms with Crippen LogP contribution < -0.4 is 9.47 Å². The Kier molecular flexibility index (Phi) is 5.73. The number of benzene rings is 2. The number of rotatable bonds is 4. The molecule has 31 heavy (non-hydrogen) atoms. The summed E-state index contributed by atoms with van der Waals surface area (Å²) in [4.78, 5) is 12.4. The SMILES string of the molecule is O=C1CC(c2ccc(O[C@@H]3O[C@H](CO)[C@@H](O)[C@H](O)[C@H]3O)c(O)c2)Oc2cc(O)ccc21. The van der Waals surface area contributed by atoms with Crippen LogP contribution in [0.25, 0.3) is 0 Å². The van der Waals surface area contributed by atoms with Gasteiger partial charge in [-0.25, -0.2) is 0 Å². The number of hydrogen-bond donors (Lipinski definition) is 6. The molecule has 0 amide bonds. The Hall–Kier alpha value is -2.89. The Bertz CT molecular complexity index is 975. The number of hydrogen-bond acceptors (Lipinski definition) is 10. The van der Waals surface area contributed by atoms with Gasteiger partial charge in [0.1, 0.15) is 42.0 Å². The van der Waals surface area contributed by atoms with Crippen molar-refractivity contribution in [2.45, 2.75) is 43.2 Å². The maximum atomic E-state index is 12.4. The molecule has 0 spiro atoms. The molecule has 6 N–H and O–H groups in total. The highest BCUT2D eigenvalue weighted by molar-refractivity contribution is 6.00. The van der Waals surface area contributed by atoms with E-state index in [1.165, 1.54) is 30.3 Å². The van der Waals surface area contributed by atoms with Crippen LogP contribution in [0.4, 0.5) is 0 Å². The number of Topliss-reactive ketones (excluding diaryl/α,β-unsaturated/α-hetero) is 1. The van der Waals surface area contributed by atoms with Crippen molar-refractivity contribution in [2.75, 3.05) is 6.61 Å². The molecule has 2 aliphatic heterocycles. The lowest BCUT2D eigenvalue weighted by atomic mass is 9.96. The first kappa shape index (κ1) is 21.3. The number of aliphatic hydroxyl groups is 4. The second-order valence-electron chi connectivity index (χ2n) is 7.46. The summed E-state index contributed by atoms with van der Waals surface area (Å²) in [7, 11) is 0. The number of phenolic OH excluding ortho intramolecular Hbond substituents is 2. The monoisotopic (exact) mass is 434 g/mol. The van der Waals surface area contributed by atoms with E-state index in [1.807, 2.05) is 0 Å². The summed E-state index contributed by atoms with van der Waals surface area (Å²) in [5.74, 6) is -0.409. The van der Waals surface area contributed by atoms with Crippen LogP contribution in [0, 0.1) is 0 Å². The molecule has 4 rings (SSSR count). The number of ether oxygens (including phenoxy) is 3. The predicted octanol–water partition coefficient (Wildman–Crippen LogP) is -0.0170. The van der Waals surface area contributed by atoms with Gasteiger partial charge >= 0.3 is 0 Å². The van der Waals surface area contributed by atoms with Crippen LogP contribution >= 0.6 is 0 Å². The fraction of sp³-hybridized carbons (Fsp3) is 0.381. The summed E-state index contributed by atoms with van der Waals surface area (Å²) < 4.78 is 16.5. The van der Waals surface area contributed by atoms with Gasteiger partial charge in [-0.2, -0.15) is 0 Å². The van der Waals surface area contributed by atoms with Gasteiger partial charge in [0, 0.05) is 6.07 Å². The fourth-order valence-corrected chi connectivity index (χ4v) is 3.62. The molecule has 0 aliphatic carbocycles. The van der Waals surface area contributed by atoms with Gasteiger partial charge in [0.25, 0.3) is 0 Å². The topological polar surface area (TPSA) is 166 Å². The third-order valence-corrected chi connectivity index (χ3v) is 5.35. The number of phenols is 2. The number of aromatic hydroxyl groups is 2. The molecule has 1 saturated heterocycles. The minimum absolute atomic E-state index is 0.0319. The molecule has 1 fully saturated rings. The van der Waals surface area contributed by atoms with Crippen molar-refractivity contribution in [1.82, 2.24) is 0 Å². The minimum Gasteiger partial charge on any atom is -0.508 e. The Morgan fingerprint density at radius 3 is 2.48 bits per heavy atom. The van der Waals surface area contributed by atoms with Crippen LogP contribution in [-0.4, -0.2) is 73.7 Å². The lowest BCUT2D eigenvalue weighted by Gasteiger charge is -2.39. The molecule has 0 bridgehead atoms. The molecular weight excluding hydrogens is 412 g/mol. The average Bonchev–Trinajstić information content (AvgIpc) is 2.74. The Balaban J connectivity index is 1.52. The summed E-state index contributed by atoms with van der Waals surface area (Å²) in [6.45, 7) is -0.611. The van der Waals surface area contributed by atoms with Gasteiger partial charge in [-0.3, -0.25) is 4.79 Å². The van der Waals surface area contributed by atoms with Crippen LogP contribution in [-0.2, 0) is 4.74 Å². The van der Waals surface area contributed by atoms with Gasteiger partial charge in [0.2, 0.25) is 6.29 Å². The van der Waals surface area contributed by atoms with Crippen molar-refractivity contribution in [3.8, 4) is 23.0 Å². The van der Waals surface area contributed by atoms with E-state index in [9.17, 15) is 35.4 Å². The molecule has 2 aromatic carbocycles. The molecule has 2 heterocycles. The van der Waals surface area contributed by atoms with Crippen molar-refractivity contribution in [3.05, 3.63) is 47.5 Å². The van der Waals surface area contributed by atoms with Crippen LogP contribution in [0.1, 0.15) is 28.4 Å². The number of aliphatic hydroxyl groups excluding tert-OH is 4. The largest absolute Gasteiger partial charge is 0.508 e. The molecule has 6 atom stereocenters. The molecule has 10 heteroatoms. The van der Waals surface area contributed by atoms with E-state index >= 15 is 0 Å². The molecule has 0 radical (unpaired) electrons. The van der Waals surface area contributed by atoms with Gasteiger partial charge in [-0.15, -0.1) is 0 Å². The highest BCUT2D eigenvalue weighted by Gasteiger charge is 2.45. The summed E-state index contributed by atoms with van der Waals surface area (Å²) in [6.07, 6.45) is -8.04. The second kappa shape index (κ2) is 8.33. The zero-order valence-corrected chi connectivity index (χ0v) is 16.2. The third kappa shape index (κ3) is 4.03. The second-order valence-corrected chi connectivity index (χ2v) is 7.46. The van der Waals surface area contributed by atoms with Gasteiger partial charge in [-0.1, -0.05) is 6.07 Å². The van der Waals surface area contributed by atoms with Gasteiger partial charge in [-0.05, 0) is 29.8 Å². The Morgan fingerprint density at radius 2 is 1.77 bits per heavy atom. The zero-order chi connectivity index (χ0) is 22.3. The van der Waals surface area contributed by atoms with E-state index in [0.717, 1.165) is 0 Å². The average molecular weight is 434 g/mol. The highest BCUT2D eigenvalue weighted by Crippen LogP contribution is 2.39. The fourth-order valence-electron chi connectivity index (χ4n) is 3.62. The maximum Gasteiger partial charge on any atom is 0.229 e. The van der Waals surface area contributed by atoms with E-state index in [4.69, 9.17) is 14.2 Å². The smallest absolute Gasteiger partial charge is 0.229 e. The standard InChI is InChI=1S/C21H22O10/c22-8-17-18(26)19(27)20(28)21(31-17)30-14-4-1-9(5-13(14)25)15-7-12(24)11-3-2-10(23)6-16(11)29-15/h1-6,15,17-23,25-28H,7-8H2/t15?,17-,18-,19+,20-,21-/m1/s1. The van der Waals surface area contributed by atoms with Crippen LogP contribution in [0.3, 0.4) is 0 Å². The van der Waals surface area contributed by atoms with Gasteiger partial charge in [0.05, 0.1) is 18.6 Å². The molecule has 10 nitrogen and oxygen atoms in total. The van der Waals surface area contributed by atoms with Crippen molar-refractivity contribution >= 4 is 5.78 Å². The first-order valence-corrected chi connectivity index (χ1v) is 9.61. The van der Waals surface area contributed by atoms with Crippen molar-refractivity contribution in [3.63, 3.8) is 0 Å². The molecule has 2 aliphatic rings. The summed E-state index contributed by atoms with van der Waals surface area (Å²) in [6, 6.07) is 8.47. The normalized spacial score (nSPS) is 30.4. The Labute approximate surface area is 176 Å². The molecule has 0 aromatic heterocycles. The van der Waals surface area contributed by atoms with Crippen molar-refractivity contribution in [2.24, 2.45) is 0 Å². The van der Waals surface area contributed by atoms with E-state index < -0.39 is 43.4 Å². The van der Waals surface area contributed by atoms with E-state index in [0.29, 0.717) is 11.1 Å². The number of carbonyl (C=O) groups excluding carboxylic acids is 1. The number of fused-ring (bicyclic) bond motifs is 1. The van der Waals surface area contributed by atoms with Gasteiger partial charge < -0.3 is 44.8 Å². The van der Waals surface area contributed by atoms with Crippen molar-refractivity contribution in [1.29, 1.82) is 0 Å². The lowest BCUT2D eigenvalue weighted by molar-refractivity contribution is -0.277. The van der Waals surface area contributed by atoms with Crippen molar-refractivity contribution < 1.29 is 49.6 Å².